The maximum Gasteiger partial charge on any atom is 0.328 e. The van der Waals surface area contributed by atoms with Gasteiger partial charge in [0.25, 0.3) is 5.56 Å². The van der Waals surface area contributed by atoms with Crippen LogP contribution < -0.4 is 11.2 Å². The molecule has 0 spiro atoms. The van der Waals surface area contributed by atoms with E-state index in [1.54, 1.807) is 0 Å². The Morgan fingerprint density at radius 2 is 2.00 bits per heavy atom. The smallest absolute Gasteiger partial charge is 0.328 e. The fourth-order valence-electron chi connectivity index (χ4n) is 2.60. The van der Waals surface area contributed by atoms with Gasteiger partial charge in [0, 0.05) is 12.7 Å². The highest BCUT2D eigenvalue weighted by atomic mass is 16.6. The van der Waals surface area contributed by atoms with Gasteiger partial charge in [0.2, 0.25) is 0 Å². The number of aliphatic hydroxyl groups excluding tert-OH is 3. The van der Waals surface area contributed by atoms with E-state index in [0.717, 1.165) is 12.8 Å². The highest BCUT2D eigenvalue weighted by molar-refractivity contribution is 5.14. The number of aliphatic hydroxyl groups is 3. The summed E-state index contributed by atoms with van der Waals surface area (Å²) in [4.78, 5) is 25.9. The van der Waals surface area contributed by atoms with Crippen LogP contribution in [0.3, 0.4) is 0 Å². The SMILES string of the molecule is O=c1[nH]c(=O)n(CC2CC2)cc1[C@@H]1O[C@H](CO)[C@@H](O)[C@H]1O. The quantitative estimate of drug-likeness (QED) is 0.514. The molecule has 1 saturated carbocycles. The Morgan fingerprint density at radius 3 is 2.57 bits per heavy atom. The summed E-state index contributed by atoms with van der Waals surface area (Å²) in [6.45, 7) is 0.0474. The van der Waals surface area contributed by atoms with Crippen molar-refractivity contribution in [2.45, 2.75) is 43.8 Å². The molecule has 0 radical (unpaired) electrons. The Balaban J connectivity index is 1.94. The van der Waals surface area contributed by atoms with Gasteiger partial charge in [0.05, 0.1) is 12.2 Å². The Labute approximate surface area is 119 Å². The minimum Gasteiger partial charge on any atom is -0.394 e. The molecule has 1 saturated heterocycles. The van der Waals surface area contributed by atoms with E-state index in [0.29, 0.717) is 12.5 Å². The lowest BCUT2D eigenvalue weighted by Gasteiger charge is -2.15. The zero-order valence-electron chi connectivity index (χ0n) is 11.3. The highest BCUT2D eigenvalue weighted by Crippen LogP contribution is 2.32. The molecule has 8 heteroatoms. The number of hydrogen-bond donors (Lipinski definition) is 4. The molecule has 1 aromatic heterocycles. The van der Waals surface area contributed by atoms with Crippen molar-refractivity contribution in [3.05, 3.63) is 32.6 Å². The average molecular weight is 298 g/mol. The molecule has 3 rings (SSSR count). The molecule has 0 unspecified atom stereocenters. The monoisotopic (exact) mass is 298 g/mol. The van der Waals surface area contributed by atoms with Crippen LogP contribution in [0.15, 0.2) is 15.8 Å². The van der Waals surface area contributed by atoms with E-state index in [4.69, 9.17) is 9.84 Å². The molecule has 1 aliphatic heterocycles. The zero-order valence-corrected chi connectivity index (χ0v) is 11.3. The lowest BCUT2D eigenvalue weighted by molar-refractivity contribution is -0.0233. The molecule has 116 valence electrons. The molecule has 0 bridgehead atoms. The lowest BCUT2D eigenvalue weighted by atomic mass is 10.0. The van der Waals surface area contributed by atoms with Crippen molar-refractivity contribution in [1.82, 2.24) is 9.55 Å². The van der Waals surface area contributed by atoms with Crippen LogP contribution in [0.1, 0.15) is 24.5 Å². The largest absolute Gasteiger partial charge is 0.394 e. The second-order valence-electron chi connectivity index (χ2n) is 5.70. The molecular weight excluding hydrogens is 280 g/mol. The van der Waals surface area contributed by atoms with E-state index < -0.39 is 42.3 Å². The fourth-order valence-corrected chi connectivity index (χ4v) is 2.60. The molecule has 8 nitrogen and oxygen atoms in total. The van der Waals surface area contributed by atoms with E-state index in [9.17, 15) is 19.8 Å². The average Bonchev–Trinajstić information content (AvgIpc) is 3.22. The van der Waals surface area contributed by atoms with Gasteiger partial charge in [-0.25, -0.2) is 4.79 Å². The van der Waals surface area contributed by atoms with Gasteiger partial charge in [-0.1, -0.05) is 0 Å². The van der Waals surface area contributed by atoms with Gasteiger partial charge in [-0.3, -0.25) is 14.3 Å². The van der Waals surface area contributed by atoms with E-state index in [2.05, 4.69) is 4.98 Å². The zero-order chi connectivity index (χ0) is 15.1. The molecule has 2 fully saturated rings. The Hall–Kier alpha value is -1.48. The normalized spacial score (nSPS) is 32.5. The van der Waals surface area contributed by atoms with Gasteiger partial charge >= 0.3 is 5.69 Å². The summed E-state index contributed by atoms with van der Waals surface area (Å²) in [6.07, 6.45) is -1.14. The third-order valence-electron chi connectivity index (χ3n) is 4.04. The van der Waals surface area contributed by atoms with Gasteiger partial charge in [0.15, 0.2) is 0 Å². The van der Waals surface area contributed by atoms with Crippen molar-refractivity contribution >= 4 is 0 Å². The van der Waals surface area contributed by atoms with Crippen LogP contribution in [0.25, 0.3) is 0 Å². The fraction of sp³-hybridized carbons (Fsp3) is 0.692. The molecule has 2 heterocycles. The maximum absolute atomic E-state index is 11.9. The number of nitrogens with one attached hydrogen (secondary N) is 1. The minimum absolute atomic E-state index is 0.0813. The second-order valence-corrected chi connectivity index (χ2v) is 5.70. The number of aromatic nitrogens is 2. The third-order valence-corrected chi connectivity index (χ3v) is 4.04. The first-order valence-corrected chi connectivity index (χ1v) is 6.97. The number of ether oxygens (including phenoxy) is 1. The van der Waals surface area contributed by atoms with E-state index in [1.807, 2.05) is 0 Å². The van der Waals surface area contributed by atoms with E-state index in [1.165, 1.54) is 10.8 Å². The Kier molecular flexibility index (Phi) is 3.70. The predicted molar refractivity (Wildman–Crippen MR) is 70.8 cm³/mol. The van der Waals surface area contributed by atoms with Crippen LogP contribution in [0.4, 0.5) is 0 Å². The van der Waals surface area contributed by atoms with Gasteiger partial charge in [-0.05, 0) is 18.8 Å². The van der Waals surface area contributed by atoms with Crippen molar-refractivity contribution in [2.24, 2.45) is 5.92 Å². The summed E-state index contributed by atoms with van der Waals surface area (Å²) >= 11 is 0. The number of aromatic amines is 1. The van der Waals surface area contributed by atoms with Crippen LogP contribution in [0.2, 0.25) is 0 Å². The molecular formula is C13H18N2O6. The molecule has 2 aliphatic rings. The number of nitrogens with zero attached hydrogens (tertiary/aromatic N) is 1. The topological polar surface area (TPSA) is 125 Å². The summed E-state index contributed by atoms with van der Waals surface area (Å²) in [5, 5.41) is 28.8. The first-order valence-electron chi connectivity index (χ1n) is 6.97. The van der Waals surface area contributed by atoms with Crippen LogP contribution >= 0.6 is 0 Å². The van der Waals surface area contributed by atoms with Gasteiger partial charge in [-0.15, -0.1) is 0 Å². The summed E-state index contributed by atoms with van der Waals surface area (Å²) in [5.74, 6) is 0.437. The van der Waals surface area contributed by atoms with Crippen LogP contribution in [0, 0.1) is 5.92 Å². The summed E-state index contributed by atoms with van der Waals surface area (Å²) in [7, 11) is 0. The molecule has 21 heavy (non-hydrogen) atoms. The first kappa shape index (κ1) is 14.5. The summed E-state index contributed by atoms with van der Waals surface area (Å²) < 4.78 is 6.72. The van der Waals surface area contributed by atoms with Gasteiger partial charge in [-0.2, -0.15) is 0 Å². The molecule has 4 atom stereocenters. The van der Waals surface area contributed by atoms with E-state index in [-0.39, 0.29) is 5.56 Å². The first-order chi connectivity index (χ1) is 10.0. The van der Waals surface area contributed by atoms with Crippen molar-refractivity contribution in [3.63, 3.8) is 0 Å². The second kappa shape index (κ2) is 5.38. The molecule has 0 aromatic carbocycles. The molecule has 1 aliphatic carbocycles. The Morgan fingerprint density at radius 1 is 1.29 bits per heavy atom. The maximum atomic E-state index is 11.9. The van der Waals surface area contributed by atoms with Crippen molar-refractivity contribution in [2.75, 3.05) is 6.61 Å². The summed E-state index contributed by atoms with van der Waals surface area (Å²) in [5.41, 5.74) is -1.07. The van der Waals surface area contributed by atoms with Gasteiger partial charge < -0.3 is 20.1 Å². The number of H-pyrrole nitrogens is 1. The van der Waals surface area contributed by atoms with Crippen LogP contribution in [-0.2, 0) is 11.3 Å². The molecule has 4 N–H and O–H groups in total. The third kappa shape index (κ3) is 2.67. The van der Waals surface area contributed by atoms with Crippen molar-refractivity contribution in [1.29, 1.82) is 0 Å². The Bertz CT molecular complexity index is 634. The highest BCUT2D eigenvalue weighted by Gasteiger charge is 2.44. The van der Waals surface area contributed by atoms with Crippen LogP contribution in [-0.4, -0.2) is 49.8 Å². The van der Waals surface area contributed by atoms with Gasteiger partial charge in [0.1, 0.15) is 24.4 Å². The lowest BCUT2D eigenvalue weighted by Crippen LogP contribution is -2.36. The number of hydrogen-bond acceptors (Lipinski definition) is 6. The predicted octanol–water partition coefficient (Wildman–Crippen LogP) is -1.90. The standard InChI is InChI=1S/C13H18N2O6/c16-5-8-9(17)10(18)11(21-8)7-4-15(3-6-1-2-6)13(20)14-12(7)19/h4,6,8-11,16-18H,1-3,5H2,(H,14,19,20)/t8-,9-,10-,11+/m1/s1. The van der Waals surface area contributed by atoms with Crippen LogP contribution in [0.5, 0.6) is 0 Å². The minimum atomic E-state index is -1.32. The van der Waals surface area contributed by atoms with Crippen molar-refractivity contribution in [3.8, 4) is 0 Å². The summed E-state index contributed by atoms with van der Waals surface area (Å²) in [6, 6.07) is 0. The molecule has 1 aromatic rings. The molecule has 0 amide bonds. The van der Waals surface area contributed by atoms with Crippen molar-refractivity contribution < 1.29 is 20.1 Å². The number of rotatable bonds is 4. The van der Waals surface area contributed by atoms with E-state index >= 15 is 0 Å².